The van der Waals surface area contributed by atoms with Crippen molar-refractivity contribution in [3.05, 3.63) is 28.8 Å². The van der Waals surface area contributed by atoms with Crippen molar-refractivity contribution in [3.8, 4) is 5.75 Å². The van der Waals surface area contributed by atoms with E-state index in [4.69, 9.17) is 11.6 Å². The zero-order chi connectivity index (χ0) is 15.2. The second-order valence-corrected chi connectivity index (χ2v) is 5.09. The molecular formula is C14H20ClF2NO2. The van der Waals surface area contributed by atoms with Gasteiger partial charge in [-0.2, -0.15) is 8.78 Å². The highest BCUT2D eigenvalue weighted by Gasteiger charge is 2.21. The van der Waals surface area contributed by atoms with Crippen LogP contribution in [-0.2, 0) is 6.54 Å². The molecule has 0 unspecified atom stereocenters. The van der Waals surface area contributed by atoms with Crippen molar-refractivity contribution in [2.24, 2.45) is 0 Å². The molecule has 0 bridgehead atoms. The quantitative estimate of drug-likeness (QED) is 0.771. The lowest BCUT2D eigenvalue weighted by molar-refractivity contribution is -0.0498. The smallest absolute Gasteiger partial charge is 0.387 e. The molecule has 0 amide bonds. The molecule has 1 aromatic rings. The van der Waals surface area contributed by atoms with Crippen LogP contribution in [0.25, 0.3) is 0 Å². The van der Waals surface area contributed by atoms with Gasteiger partial charge in [0.15, 0.2) is 0 Å². The number of alkyl halides is 2. The Morgan fingerprint density at radius 2 is 2.00 bits per heavy atom. The van der Waals surface area contributed by atoms with E-state index in [-0.39, 0.29) is 10.8 Å². The summed E-state index contributed by atoms with van der Waals surface area (Å²) in [5, 5.41) is 13.4. The molecule has 3 nitrogen and oxygen atoms in total. The Balaban J connectivity index is 2.55. The maximum Gasteiger partial charge on any atom is 0.387 e. The highest BCUT2D eigenvalue weighted by Crippen LogP contribution is 2.27. The predicted molar refractivity (Wildman–Crippen MR) is 75.3 cm³/mol. The molecule has 1 aromatic carbocycles. The third kappa shape index (κ3) is 5.23. The van der Waals surface area contributed by atoms with Gasteiger partial charge in [0.25, 0.3) is 0 Å². The number of benzene rings is 1. The van der Waals surface area contributed by atoms with Crippen molar-refractivity contribution >= 4 is 11.6 Å². The molecule has 0 saturated carbocycles. The Kier molecular flexibility index (Phi) is 6.65. The number of hydrogen-bond acceptors (Lipinski definition) is 3. The van der Waals surface area contributed by atoms with Gasteiger partial charge in [0.05, 0.1) is 10.6 Å². The number of ether oxygens (including phenoxy) is 1. The van der Waals surface area contributed by atoms with E-state index in [1.165, 1.54) is 6.07 Å². The fourth-order valence-corrected chi connectivity index (χ4v) is 2.03. The third-order valence-corrected chi connectivity index (χ3v) is 3.61. The molecule has 0 fully saturated rings. The molecular weight excluding hydrogens is 288 g/mol. The first-order valence-corrected chi connectivity index (χ1v) is 6.94. The van der Waals surface area contributed by atoms with Crippen LogP contribution in [0, 0.1) is 0 Å². The maximum atomic E-state index is 12.1. The van der Waals surface area contributed by atoms with Gasteiger partial charge in [-0.25, -0.2) is 0 Å². The van der Waals surface area contributed by atoms with E-state index in [0.717, 1.165) is 5.56 Å². The van der Waals surface area contributed by atoms with E-state index in [1.54, 1.807) is 12.1 Å². The van der Waals surface area contributed by atoms with Gasteiger partial charge >= 0.3 is 6.61 Å². The summed E-state index contributed by atoms with van der Waals surface area (Å²) in [6.45, 7) is 1.93. The molecule has 114 valence electrons. The minimum atomic E-state index is -2.89. The molecule has 20 heavy (non-hydrogen) atoms. The minimum Gasteiger partial charge on any atom is -0.433 e. The summed E-state index contributed by atoms with van der Waals surface area (Å²) < 4.78 is 28.5. The first-order chi connectivity index (χ1) is 9.40. The van der Waals surface area contributed by atoms with Gasteiger partial charge < -0.3 is 15.2 Å². The Hall–Kier alpha value is -0.910. The van der Waals surface area contributed by atoms with Crippen molar-refractivity contribution in [2.75, 3.05) is 6.54 Å². The Morgan fingerprint density at radius 1 is 1.35 bits per heavy atom. The van der Waals surface area contributed by atoms with Crippen molar-refractivity contribution < 1.29 is 18.6 Å². The summed E-state index contributed by atoms with van der Waals surface area (Å²) in [4.78, 5) is 0. The lowest BCUT2D eigenvalue weighted by Gasteiger charge is -2.25. The van der Waals surface area contributed by atoms with Crippen molar-refractivity contribution in [3.63, 3.8) is 0 Å². The summed E-state index contributed by atoms with van der Waals surface area (Å²) in [6, 6.07) is 4.65. The SMILES string of the molecule is CCC(O)(CC)CNCc1ccc(OC(F)F)c(Cl)c1. The number of halogens is 3. The first kappa shape index (κ1) is 17.1. The van der Waals surface area contributed by atoms with E-state index in [0.29, 0.717) is 25.9 Å². The highest BCUT2D eigenvalue weighted by atomic mass is 35.5. The number of nitrogens with one attached hydrogen (secondary N) is 1. The lowest BCUT2D eigenvalue weighted by Crippen LogP contribution is -2.39. The topological polar surface area (TPSA) is 41.5 Å². The summed E-state index contributed by atoms with van der Waals surface area (Å²) in [5.41, 5.74) is 0.119. The monoisotopic (exact) mass is 307 g/mol. The van der Waals surface area contributed by atoms with Gasteiger partial charge in [-0.3, -0.25) is 0 Å². The van der Waals surface area contributed by atoms with Crippen LogP contribution in [0.1, 0.15) is 32.3 Å². The minimum absolute atomic E-state index is 0.0379. The molecule has 0 heterocycles. The molecule has 1 rings (SSSR count). The van der Waals surface area contributed by atoms with Gasteiger partial charge in [-0.15, -0.1) is 0 Å². The molecule has 0 aliphatic heterocycles. The maximum absolute atomic E-state index is 12.1. The standard InChI is InChI=1S/C14H20ClF2NO2/c1-3-14(19,4-2)9-18-8-10-5-6-12(11(15)7-10)20-13(16)17/h5-7,13,18-19H,3-4,8-9H2,1-2H3. The van der Waals surface area contributed by atoms with Crippen LogP contribution in [-0.4, -0.2) is 23.9 Å². The second kappa shape index (κ2) is 7.76. The summed E-state index contributed by atoms with van der Waals surface area (Å²) in [6.07, 6.45) is 1.33. The fraction of sp³-hybridized carbons (Fsp3) is 0.571. The lowest BCUT2D eigenvalue weighted by atomic mass is 9.97. The molecule has 0 spiro atoms. The molecule has 0 aromatic heterocycles. The summed E-state index contributed by atoms with van der Waals surface area (Å²) in [5.74, 6) is -0.0379. The van der Waals surface area contributed by atoms with E-state index >= 15 is 0 Å². The number of hydrogen-bond donors (Lipinski definition) is 2. The fourth-order valence-electron chi connectivity index (χ4n) is 1.79. The molecule has 6 heteroatoms. The van der Waals surface area contributed by atoms with Crippen LogP contribution in [0.3, 0.4) is 0 Å². The zero-order valence-corrected chi connectivity index (χ0v) is 12.4. The van der Waals surface area contributed by atoms with Crippen molar-refractivity contribution in [2.45, 2.75) is 45.4 Å². The largest absolute Gasteiger partial charge is 0.433 e. The van der Waals surface area contributed by atoms with Crippen LogP contribution in [0.4, 0.5) is 8.78 Å². The Morgan fingerprint density at radius 3 is 2.50 bits per heavy atom. The van der Waals surface area contributed by atoms with Crippen molar-refractivity contribution in [1.29, 1.82) is 0 Å². The normalized spacial score (nSPS) is 11.9. The van der Waals surface area contributed by atoms with Crippen molar-refractivity contribution in [1.82, 2.24) is 5.32 Å². The van der Waals surface area contributed by atoms with Gasteiger partial charge in [0, 0.05) is 13.1 Å². The van der Waals surface area contributed by atoms with Crippen LogP contribution in [0.2, 0.25) is 5.02 Å². The van der Waals surface area contributed by atoms with E-state index < -0.39 is 12.2 Å². The van der Waals surface area contributed by atoms with E-state index in [1.807, 2.05) is 13.8 Å². The van der Waals surface area contributed by atoms with E-state index in [2.05, 4.69) is 10.1 Å². The Bertz CT molecular complexity index is 426. The zero-order valence-electron chi connectivity index (χ0n) is 11.6. The van der Waals surface area contributed by atoms with Gasteiger partial charge in [0.2, 0.25) is 0 Å². The number of rotatable bonds is 8. The van der Waals surface area contributed by atoms with Crippen LogP contribution in [0.5, 0.6) is 5.75 Å². The van der Waals surface area contributed by atoms with Gasteiger partial charge in [-0.1, -0.05) is 31.5 Å². The van der Waals surface area contributed by atoms with E-state index in [9.17, 15) is 13.9 Å². The van der Waals surface area contributed by atoms with Gasteiger partial charge in [0.1, 0.15) is 5.75 Å². The average Bonchev–Trinajstić information content (AvgIpc) is 2.41. The highest BCUT2D eigenvalue weighted by molar-refractivity contribution is 6.32. The van der Waals surface area contributed by atoms with Crippen LogP contribution in [0.15, 0.2) is 18.2 Å². The molecule has 0 aliphatic rings. The molecule has 2 N–H and O–H groups in total. The molecule has 0 aliphatic carbocycles. The molecule has 0 saturated heterocycles. The third-order valence-electron chi connectivity index (χ3n) is 3.31. The molecule has 0 atom stereocenters. The summed E-state index contributed by atoms with van der Waals surface area (Å²) in [7, 11) is 0. The predicted octanol–water partition coefficient (Wildman–Crippen LogP) is 3.58. The Labute approximate surface area is 122 Å². The second-order valence-electron chi connectivity index (χ2n) is 4.68. The van der Waals surface area contributed by atoms with Crippen LogP contribution >= 0.6 is 11.6 Å². The van der Waals surface area contributed by atoms with Gasteiger partial charge in [-0.05, 0) is 30.5 Å². The summed E-state index contributed by atoms with van der Waals surface area (Å²) >= 11 is 5.86. The first-order valence-electron chi connectivity index (χ1n) is 6.56. The van der Waals surface area contributed by atoms with Crippen LogP contribution < -0.4 is 10.1 Å². The average molecular weight is 308 g/mol. The number of aliphatic hydroxyl groups is 1. The molecule has 0 radical (unpaired) electrons.